The van der Waals surface area contributed by atoms with Crippen molar-refractivity contribution in [2.24, 2.45) is 0 Å². The highest BCUT2D eigenvalue weighted by Crippen LogP contribution is 2.24. The summed E-state index contributed by atoms with van der Waals surface area (Å²) in [5, 5.41) is 4.39. The number of hydrogen-bond acceptors (Lipinski definition) is 4. The predicted octanol–water partition coefficient (Wildman–Crippen LogP) is 2.45. The molecule has 1 N–H and O–H groups in total. The normalized spacial score (nSPS) is 11.1. The summed E-state index contributed by atoms with van der Waals surface area (Å²) >= 11 is 0. The molecule has 2 aromatic heterocycles. The predicted molar refractivity (Wildman–Crippen MR) is 72.0 cm³/mol. The van der Waals surface area contributed by atoms with Gasteiger partial charge in [0, 0.05) is 12.0 Å². The maximum absolute atomic E-state index is 12.1. The fourth-order valence-electron chi connectivity index (χ4n) is 2.06. The number of hydrogen-bond donors (Lipinski definition) is 1. The molecular weight excluding hydrogens is 242 g/mol. The largest absolute Gasteiger partial charge is 0.335 e. The van der Waals surface area contributed by atoms with Gasteiger partial charge < -0.3 is 9.51 Å². The van der Waals surface area contributed by atoms with Crippen molar-refractivity contribution >= 4 is 11.1 Å². The lowest BCUT2D eigenvalue weighted by molar-refractivity contribution is 0.450. The van der Waals surface area contributed by atoms with Crippen LogP contribution in [0.3, 0.4) is 0 Å². The van der Waals surface area contributed by atoms with Crippen LogP contribution in [0.1, 0.15) is 18.3 Å². The third-order valence-corrected chi connectivity index (χ3v) is 3.02. The van der Waals surface area contributed by atoms with Crippen LogP contribution in [0, 0.1) is 6.92 Å². The molecule has 3 rings (SSSR count). The zero-order chi connectivity index (χ0) is 13.4. The fraction of sp³-hybridized carbons (Fsp3) is 0.214. The molecular formula is C14H13N3O2. The van der Waals surface area contributed by atoms with Crippen molar-refractivity contribution in [1.29, 1.82) is 0 Å². The van der Waals surface area contributed by atoms with Crippen molar-refractivity contribution in [3.05, 3.63) is 46.0 Å². The smallest absolute Gasteiger partial charge is 0.265 e. The Kier molecular flexibility index (Phi) is 2.67. The van der Waals surface area contributed by atoms with E-state index in [-0.39, 0.29) is 11.3 Å². The van der Waals surface area contributed by atoms with Crippen molar-refractivity contribution < 1.29 is 4.52 Å². The Labute approximate surface area is 109 Å². The van der Waals surface area contributed by atoms with Gasteiger partial charge in [-0.1, -0.05) is 35.8 Å². The first kappa shape index (κ1) is 11.6. The molecule has 0 amide bonds. The van der Waals surface area contributed by atoms with Crippen molar-refractivity contribution in [3.8, 4) is 11.3 Å². The van der Waals surface area contributed by atoms with E-state index < -0.39 is 0 Å². The minimum Gasteiger partial charge on any atom is -0.335 e. The molecule has 0 aliphatic carbocycles. The van der Waals surface area contributed by atoms with E-state index in [4.69, 9.17) is 4.52 Å². The molecule has 0 fully saturated rings. The molecule has 0 radical (unpaired) electrons. The highest BCUT2D eigenvalue weighted by molar-refractivity contribution is 5.88. The first-order valence-corrected chi connectivity index (χ1v) is 6.14. The summed E-state index contributed by atoms with van der Waals surface area (Å²) < 4.78 is 5.19. The van der Waals surface area contributed by atoms with Gasteiger partial charge in [0.15, 0.2) is 0 Å². The number of aromatic nitrogens is 3. The molecule has 96 valence electrons. The minimum atomic E-state index is -0.209. The number of nitrogens with one attached hydrogen (secondary N) is 1. The van der Waals surface area contributed by atoms with E-state index in [0.29, 0.717) is 23.3 Å². The van der Waals surface area contributed by atoms with E-state index in [0.717, 1.165) is 11.1 Å². The molecule has 0 spiro atoms. The summed E-state index contributed by atoms with van der Waals surface area (Å²) in [6, 6.07) is 7.78. The Morgan fingerprint density at radius 2 is 2.21 bits per heavy atom. The van der Waals surface area contributed by atoms with Gasteiger partial charge in [-0.2, -0.15) is 4.98 Å². The van der Waals surface area contributed by atoms with Gasteiger partial charge in [0.05, 0.1) is 0 Å². The van der Waals surface area contributed by atoms with Crippen LogP contribution in [0.5, 0.6) is 0 Å². The molecule has 1 aromatic carbocycles. The van der Waals surface area contributed by atoms with E-state index >= 15 is 0 Å². The molecule has 0 unspecified atom stereocenters. The van der Waals surface area contributed by atoms with Crippen molar-refractivity contribution in [3.63, 3.8) is 0 Å². The summed E-state index contributed by atoms with van der Waals surface area (Å²) in [6.07, 6.45) is 0.645. The van der Waals surface area contributed by atoms with Crippen LogP contribution in [-0.2, 0) is 6.42 Å². The van der Waals surface area contributed by atoms with Gasteiger partial charge in [-0.05, 0) is 13.0 Å². The highest BCUT2D eigenvalue weighted by atomic mass is 16.5. The Morgan fingerprint density at radius 3 is 2.95 bits per heavy atom. The third kappa shape index (κ3) is 1.93. The van der Waals surface area contributed by atoms with Crippen LogP contribution < -0.4 is 5.56 Å². The zero-order valence-corrected chi connectivity index (χ0v) is 10.7. The van der Waals surface area contributed by atoms with Crippen LogP contribution in [0.2, 0.25) is 0 Å². The molecule has 0 bridgehead atoms. The van der Waals surface area contributed by atoms with Crippen molar-refractivity contribution in [1.82, 2.24) is 15.1 Å². The first-order valence-electron chi connectivity index (χ1n) is 6.14. The van der Waals surface area contributed by atoms with E-state index in [9.17, 15) is 4.79 Å². The number of aryl methyl sites for hydroxylation is 2. The van der Waals surface area contributed by atoms with Gasteiger partial charge in [0.1, 0.15) is 16.9 Å². The molecule has 0 atom stereocenters. The van der Waals surface area contributed by atoms with Gasteiger partial charge in [-0.25, -0.2) is 0 Å². The average Bonchev–Trinajstić information content (AvgIpc) is 2.83. The lowest BCUT2D eigenvalue weighted by Crippen LogP contribution is -2.10. The van der Waals surface area contributed by atoms with Gasteiger partial charge >= 0.3 is 0 Å². The van der Waals surface area contributed by atoms with Crippen molar-refractivity contribution in [2.45, 2.75) is 20.3 Å². The molecule has 2 heterocycles. The average molecular weight is 255 g/mol. The van der Waals surface area contributed by atoms with Gasteiger partial charge in [0.2, 0.25) is 0 Å². The van der Waals surface area contributed by atoms with Crippen molar-refractivity contribution in [2.75, 3.05) is 0 Å². The minimum absolute atomic E-state index is 0.209. The molecule has 5 heteroatoms. The highest BCUT2D eigenvalue weighted by Gasteiger charge is 2.16. The topological polar surface area (TPSA) is 71.8 Å². The second-order valence-electron chi connectivity index (χ2n) is 4.45. The number of rotatable bonds is 2. The second kappa shape index (κ2) is 4.35. The van der Waals surface area contributed by atoms with E-state index in [1.54, 1.807) is 0 Å². The molecule has 19 heavy (non-hydrogen) atoms. The van der Waals surface area contributed by atoms with E-state index in [1.165, 1.54) is 0 Å². The van der Waals surface area contributed by atoms with Gasteiger partial charge in [-0.3, -0.25) is 4.79 Å². The Hall–Kier alpha value is -2.43. The summed E-state index contributed by atoms with van der Waals surface area (Å²) in [6.45, 7) is 3.91. The Morgan fingerprint density at radius 1 is 1.37 bits per heavy atom. The number of nitrogens with zero attached hydrogens (tertiary/aromatic N) is 2. The van der Waals surface area contributed by atoms with Gasteiger partial charge in [-0.15, -0.1) is 0 Å². The molecule has 0 saturated carbocycles. The monoisotopic (exact) mass is 255 g/mol. The van der Waals surface area contributed by atoms with E-state index in [2.05, 4.69) is 15.1 Å². The molecule has 3 aromatic rings. The maximum Gasteiger partial charge on any atom is 0.265 e. The van der Waals surface area contributed by atoms with Crippen LogP contribution in [0.4, 0.5) is 0 Å². The third-order valence-electron chi connectivity index (χ3n) is 3.02. The summed E-state index contributed by atoms with van der Waals surface area (Å²) in [7, 11) is 0. The molecule has 0 aliphatic heterocycles. The standard InChI is InChI=1S/C14H13N3O2/c1-3-10-15-13(18)11-12(17-19-14(11)16-10)9-6-4-5-8(2)7-9/h4-7H,3H2,1-2H3,(H,15,16,18). The SMILES string of the molecule is CCc1nc2onc(-c3cccc(C)c3)c2c(=O)[nH]1. The number of H-pyrrole nitrogens is 1. The summed E-state index contributed by atoms with van der Waals surface area (Å²) in [4.78, 5) is 19.1. The number of benzene rings is 1. The Bertz CT molecular complexity index is 802. The number of aromatic amines is 1. The molecule has 0 aliphatic rings. The summed E-state index contributed by atoms with van der Waals surface area (Å²) in [5.74, 6) is 0.601. The lowest BCUT2D eigenvalue weighted by Gasteiger charge is -1.98. The van der Waals surface area contributed by atoms with Crippen LogP contribution in [0.25, 0.3) is 22.4 Å². The van der Waals surface area contributed by atoms with Crippen LogP contribution >= 0.6 is 0 Å². The quantitative estimate of drug-likeness (QED) is 0.763. The molecule has 0 saturated heterocycles. The summed E-state index contributed by atoms with van der Waals surface area (Å²) in [5.41, 5.74) is 2.57. The van der Waals surface area contributed by atoms with E-state index in [1.807, 2.05) is 38.1 Å². The van der Waals surface area contributed by atoms with Crippen LogP contribution in [0.15, 0.2) is 33.6 Å². The zero-order valence-electron chi connectivity index (χ0n) is 10.7. The Balaban J connectivity index is 2.29. The molecule has 5 nitrogen and oxygen atoms in total. The van der Waals surface area contributed by atoms with Crippen LogP contribution in [-0.4, -0.2) is 15.1 Å². The second-order valence-corrected chi connectivity index (χ2v) is 4.45. The van der Waals surface area contributed by atoms with Gasteiger partial charge in [0.25, 0.3) is 11.3 Å². The number of fused-ring (bicyclic) bond motifs is 1. The first-order chi connectivity index (χ1) is 9.19. The fourth-order valence-corrected chi connectivity index (χ4v) is 2.06. The maximum atomic E-state index is 12.1. The lowest BCUT2D eigenvalue weighted by atomic mass is 10.1.